The number of ether oxygens (including phenoxy) is 1. The molecule has 1 aliphatic heterocycles. The van der Waals surface area contributed by atoms with E-state index in [-0.39, 0.29) is 18.6 Å². The van der Waals surface area contributed by atoms with Crippen LogP contribution in [0, 0.1) is 11.3 Å². The molecular weight excluding hydrogens is 481 g/mol. The van der Waals surface area contributed by atoms with E-state index in [0.29, 0.717) is 17.2 Å². The largest absolute Gasteiger partial charge is 0.421 e. The van der Waals surface area contributed by atoms with E-state index in [0.717, 1.165) is 27.7 Å². The molecule has 0 radical (unpaired) electrons. The molecule has 3 aromatic carbocycles. The molecule has 7 nitrogen and oxygen atoms in total. The first kappa shape index (κ1) is 22.9. The van der Waals surface area contributed by atoms with Crippen molar-refractivity contribution < 1.29 is 17.9 Å². The fourth-order valence-corrected chi connectivity index (χ4v) is 4.74. The van der Waals surface area contributed by atoms with Crippen molar-refractivity contribution in [3.8, 4) is 17.2 Å². The van der Waals surface area contributed by atoms with E-state index < -0.39 is 11.8 Å². The molecule has 2 aromatic heterocycles. The molecule has 1 saturated heterocycles. The van der Waals surface area contributed by atoms with E-state index in [4.69, 9.17) is 4.74 Å². The molecule has 0 bridgehead atoms. The van der Waals surface area contributed by atoms with Gasteiger partial charge in [0.2, 0.25) is 0 Å². The molecule has 0 amide bonds. The van der Waals surface area contributed by atoms with Gasteiger partial charge in [0.1, 0.15) is 12.1 Å². The summed E-state index contributed by atoms with van der Waals surface area (Å²) >= 11 is 0. The zero-order chi connectivity index (χ0) is 25.8. The van der Waals surface area contributed by atoms with E-state index >= 15 is 0 Å². The molecule has 1 fully saturated rings. The number of fused-ring (bicyclic) bond motifs is 3. The van der Waals surface area contributed by atoms with Gasteiger partial charge in [-0.15, -0.1) is 10.2 Å². The Morgan fingerprint density at radius 2 is 1.84 bits per heavy atom. The van der Waals surface area contributed by atoms with Gasteiger partial charge in [0, 0.05) is 24.5 Å². The first-order chi connectivity index (χ1) is 17.8. The lowest BCUT2D eigenvalue weighted by Crippen LogP contribution is -2.52. The van der Waals surface area contributed by atoms with Crippen molar-refractivity contribution in [3.63, 3.8) is 0 Å². The lowest BCUT2D eigenvalue weighted by atomic mass is 9.85. The van der Waals surface area contributed by atoms with Crippen molar-refractivity contribution in [2.75, 3.05) is 18.6 Å². The number of aromatic nitrogens is 4. The van der Waals surface area contributed by atoms with E-state index in [9.17, 15) is 18.4 Å². The number of nitrogens with zero attached hydrogens (tertiary/aromatic N) is 6. The third-order valence-corrected chi connectivity index (χ3v) is 6.86. The fraction of sp³-hybridized carbons (Fsp3) is 0.185. The predicted molar refractivity (Wildman–Crippen MR) is 131 cm³/mol. The smallest absolute Gasteiger partial charge is 0.361 e. The Kier molecular flexibility index (Phi) is 5.14. The number of rotatable bonds is 4. The molecule has 1 unspecified atom stereocenters. The van der Waals surface area contributed by atoms with E-state index in [1.807, 2.05) is 42.3 Å². The standard InChI is InChI=1S/C27H19F3N6O/c1-35(24-22-10-5-17(15-31)13-23(22)36-16-32-34-25(36)33-24)21-4-2-3-19(14-21)18-6-8-20(9-7-18)26(11-12-37-26)27(28,29)30/h2-10,13-14,16H,11-12H2,1H3. The predicted octanol–water partition coefficient (Wildman–Crippen LogP) is 5.76. The van der Waals surface area contributed by atoms with Gasteiger partial charge in [0.15, 0.2) is 5.60 Å². The summed E-state index contributed by atoms with van der Waals surface area (Å²) in [6.07, 6.45) is -2.99. The summed E-state index contributed by atoms with van der Waals surface area (Å²) in [6.45, 7) is 0.0940. The average Bonchev–Trinajstić information content (AvgIpc) is 3.35. The lowest BCUT2D eigenvalue weighted by Gasteiger charge is -2.43. The molecular formula is C27H19F3N6O. The molecule has 5 aromatic rings. The third-order valence-electron chi connectivity index (χ3n) is 6.86. The van der Waals surface area contributed by atoms with E-state index in [1.54, 1.807) is 35.0 Å². The Balaban J connectivity index is 1.38. The maximum Gasteiger partial charge on any atom is 0.421 e. The third kappa shape index (κ3) is 3.58. The number of alkyl halides is 3. The minimum atomic E-state index is -4.47. The van der Waals surface area contributed by atoms with Gasteiger partial charge in [-0.3, -0.25) is 4.40 Å². The van der Waals surface area contributed by atoms with Crippen LogP contribution in [-0.4, -0.2) is 39.4 Å². The van der Waals surface area contributed by atoms with Crippen LogP contribution in [-0.2, 0) is 10.3 Å². The summed E-state index contributed by atoms with van der Waals surface area (Å²) in [7, 11) is 1.87. The van der Waals surface area contributed by atoms with Gasteiger partial charge in [-0.25, -0.2) is 0 Å². The second-order valence-electron chi connectivity index (χ2n) is 8.89. The number of halogens is 3. The van der Waals surface area contributed by atoms with Crippen LogP contribution in [0.4, 0.5) is 24.7 Å². The summed E-state index contributed by atoms with van der Waals surface area (Å²) in [5.74, 6) is 1.02. The Morgan fingerprint density at radius 3 is 2.51 bits per heavy atom. The monoisotopic (exact) mass is 500 g/mol. The molecule has 3 heterocycles. The summed E-state index contributed by atoms with van der Waals surface area (Å²) in [4.78, 5) is 6.59. The van der Waals surface area contributed by atoms with Crippen LogP contribution < -0.4 is 4.90 Å². The number of nitriles is 1. The first-order valence-corrected chi connectivity index (χ1v) is 11.5. The van der Waals surface area contributed by atoms with Crippen LogP contribution >= 0.6 is 0 Å². The van der Waals surface area contributed by atoms with Gasteiger partial charge in [-0.2, -0.15) is 23.4 Å². The van der Waals surface area contributed by atoms with Crippen LogP contribution in [0.15, 0.2) is 73.1 Å². The maximum atomic E-state index is 13.6. The van der Waals surface area contributed by atoms with Gasteiger partial charge in [-0.05, 0) is 47.0 Å². The molecule has 6 rings (SSSR count). The number of hydrogen-bond donors (Lipinski definition) is 0. The maximum absolute atomic E-state index is 13.6. The van der Waals surface area contributed by atoms with E-state index in [2.05, 4.69) is 21.3 Å². The highest BCUT2D eigenvalue weighted by molar-refractivity contribution is 5.94. The van der Waals surface area contributed by atoms with Crippen molar-refractivity contribution in [3.05, 3.63) is 84.2 Å². The molecule has 0 aliphatic carbocycles. The fourth-order valence-electron chi connectivity index (χ4n) is 4.74. The minimum absolute atomic E-state index is 0.0800. The second-order valence-corrected chi connectivity index (χ2v) is 8.89. The van der Waals surface area contributed by atoms with Crippen LogP contribution in [0.25, 0.3) is 27.8 Å². The Hall–Kier alpha value is -4.49. The topological polar surface area (TPSA) is 79.3 Å². The Morgan fingerprint density at radius 1 is 1.05 bits per heavy atom. The number of hydrogen-bond acceptors (Lipinski definition) is 6. The molecule has 10 heteroatoms. The highest BCUT2D eigenvalue weighted by Crippen LogP contribution is 2.50. The van der Waals surface area contributed by atoms with Crippen LogP contribution in [0.5, 0.6) is 0 Å². The molecule has 0 saturated carbocycles. The van der Waals surface area contributed by atoms with Gasteiger partial charge in [-0.1, -0.05) is 36.4 Å². The van der Waals surface area contributed by atoms with Crippen molar-refractivity contribution in [1.82, 2.24) is 19.6 Å². The van der Waals surface area contributed by atoms with Gasteiger partial charge in [0.05, 0.1) is 23.8 Å². The van der Waals surface area contributed by atoms with Crippen LogP contribution in [0.3, 0.4) is 0 Å². The zero-order valence-corrected chi connectivity index (χ0v) is 19.6. The SMILES string of the molecule is CN(c1cccc(-c2ccc(C3(C(F)(F)F)CCO3)cc2)c1)c1nc2nncn2c2cc(C#N)ccc12. The first-order valence-electron chi connectivity index (χ1n) is 11.5. The normalized spacial score (nSPS) is 17.5. The highest BCUT2D eigenvalue weighted by Gasteiger charge is 2.61. The van der Waals surface area contributed by atoms with Crippen molar-refractivity contribution in [1.29, 1.82) is 5.26 Å². The Labute approximate surface area is 209 Å². The Bertz CT molecular complexity index is 1680. The van der Waals surface area contributed by atoms with Gasteiger partial charge >= 0.3 is 6.18 Å². The van der Waals surface area contributed by atoms with Gasteiger partial charge < -0.3 is 9.64 Å². The molecule has 0 N–H and O–H groups in total. The highest BCUT2D eigenvalue weighted by atomic mass is 19.4. The molecule has 0 spiro atoms. The molecule has 1 atom stereocenters. The summed E-state index contributed by atoms with van der Waals surface area (Å²) in [5, 5.41) is 18.2. The van der Waals surface area contributed by atoms with Gasteiger partial charge in [0.25, 0.3) is 5.78 Å². The van der Waals surface area contributed by atoms with Crippen molar-refractivity contribution in [2.24, 2.45) is 0 Å². The second kappa shape index (κ2) is 8.28. The van der Waals surface area contributed by atoms with Crippen molar-refractivity contribution in [2.45, 2.75) is 18.2 Å². The van der Waals surface area contributed by atoms with Crippen molar-refractivity contribution >= 4 is 28.2 Å². The average molecular weight is 500 g/mol. The molecule has 1 aliphatic rings. The molecule has 37 heavy (non-hydrogen) atoms. The van der Waals surface area contributed by atoms with E-state index in [1.165, 1.54) is 12.1 Å². The molecule has 184 valence electrons. The van der Waals surface area contributed by atoms with Crippen LogP contribution in [0.1, 0.15) is 17.5 Å². The quantitative estimate of drug-likeness (QED) is 0.312. The lowest BCUT2D eigenvalue weighted by molar-refractivity contribution is -0.333. The van der Waals surface area contributed by atoms with Crippen LogP contribution in [0.2, 0.25) is 0 Å². The zero-order valence-electron chi connectivity index (χ0n) is 19.6. The number of benzene rings is 3. The minimum Gasteiger partial charge on any atom is -0.361 e. The number of anilines is 2. The summed E-state index contributed by atoms with van der Waals surface area (Å²) in [6, 6.07) is 21.5. The summed E-state index contributed by atoms with van der Waals surface area (Å²) < 4.78 is 47.7. The summed E-state index contributed by atoms with van der Waals surface area (Å²) in [5.41, 5.74) is 1.58.